The smallest absolute Gasteiger partial charge is 0.300 e. The van der Waals surface area contributed by atoms with Crippen LogP contribution < -0.4 is 0 Å². The Balaban J connectivity index is 2.36. The third-order valence-electron chi connectivity index (χ3n) is 2.10. The Labute approximate surface area is 94.5 Å². The molecule has 2 atom stereocenters. The van der Waals surface area contributed by atoms with E-state index in [1.807, 2.05) is 23.6 Å². The number of halogens is 4. The third kappa shape index (κ3) is 3.98. The summed E-state index contributed by atoms with van der Waals surface area (Å²) in [5.74, 6) is 0.929. The molecular formula is C8H13BrF3NS. The molecule has 84 valence electrons. The average molecular weight is 292 g/mol. The Kier molecular flexibility index (Phi) is 4.58. The summed E-state index contributed by atoms with van der Waals surface area (Å²) in [5.41, 5.74) is 0. The van der Waals surface area contributed by atoms with Crippen LogP contribution in [-0.4, -0.2) is 46.5 Å². The maximum atomic E-state index is 12.2. The zero-order chi connectivity index (χ0) is 10.8. The zero-order valence-electron chi connectivity index (χ0n) is 7.85. The van der Waals surface area contributed by atoms with E-state index < -0.39 is 11.0 Å². The monoisotopic (exact) mass is 291 g/mol. The van der Waals surface area contributed by atoms with Crippen LogP contribution in [0.2, 0.25) is 0 Å². The third-order valence-corrected chi connectivity index (χ3v) is 4.04. The van der Waals surface area contributed by atoms with E-state index in [9.17, 15) is 13.2 Å². The van der Waals surface area contributed by atoms with Gasteiger partial charge < -0.3 is 0 Å². The van der Waals surface area contributed by atoms with Crippen LogP contribution in [0.4, 0.5) is 13.2 Å². The summed E-state index contributed by atoms with van der Waals surface area (Å²) >= 11 is 4.50. The normalized spacial score (nSPS) is 27.6. The molecule has 0 aromatic rings. The van der Waals surface area contributed by atoms with Crippen molar-refractivity contribution in [3.63, 3.8) is 0 Å². The Hall–Kier alpha value is 0.580. The van der Waals surface area contributed by atoms with Gasteiger partial charge in [0.25, 0.3) is 0 Å². The van der Waals surface area contributed by atoms with E-state index in [1.54, 1.807) is 0 Å². The van der Waals surface area contributed by atoms with Gasteiger partial charge in [-0.3, -0.25) is 4.90 Å². The van der Waals surface area contributed by atoms with Gasteiger partial charge in [-0.2, -0.15) is 24.9 Å². The molecule has 0 saturated carbocycles. The van der Waals surface area contributed by atoms with Crippen molar-refractivity contribution in [2.45, 2.75) is 23.2 Å². The summed E-state index contributed by atoms with van der Waals surface area (Å²) in [5, 5.41) is 0.441. The molecule has 0 aliphatic carbocycles. The molecule has 1 rings (SSSR count). The highest BCUT2D eigenvalue weighted by Gasteiger charge is 2.39. The molecule has 0 aromatic heterocycles. The summed E-state index contributed by atoms with van der Waals surface area (Å²) in [4.78, 5) is 0.471. The maximum Gasteiger partial charge on any atom is 0.402 e. The fourth-order valence-corrected chi connectivity index (χ4v) is 2.88. The van der Waals surface area contributed by atoms with Crippen LogP contribution in [-0.2, 0) is 0 Å². The fourth-order valence-electron chi connectivity index (χ4n) is 1.39. The average Bonchev–Trinajstić information content (AvgIpc) is 2.02. The second-order valence-electron chi connectivity index (χ2n) is 3.45. The fraction of sp³-hybridized carbons (Fsp3) is 1.00. The molecular weight excluding hydrogens is 279 g/mol. The first-order chi connectivity index (χ1) is 6.39. The van der Waals surface area contributed by atoms with Crippen LogP contribution in [0.5, 0.6) is 0 Å². The van der Waals surface area contributed by atoms with E-state index in [2.05, 4.69) is 15.9 Å². The van der Waals surface area contributed by atoms with Gasteiger partial charge >= 0.3 is 6.18 Å². The molecule has 1 aliphatic heterocycles. The molecule has 0 bridgehead atoms. The molecule has 0 spiro atoms. The van der Waals surface area contributed by atoms with Crippen LogP contribution in [0.1, 0.15) is 6.92 Å². The highest BCUT2D eigenvalue weighted by molar-refractivity contribution is 9.09. The minimum absolute atomic E-state index is 0.0639. The van der Waals surface area contributed by atoms with Crippen molar-refractivity contribution in [2.24, 2.45) is 0 Å². The molecule has 0 aromatic carbocycles. The predicted octanol–water partition coefficient (Wildman–Crippen LogP) is 2.75. The molecule has 0 amide bonds. The first-order valence-corrected chi connectivity index (χ1v) is 6.41. The SMILES string of the molecule is CC1CN(CC(Br)C(F)(F)F)CCS1. The molecule has 1 heterocycles. The van der Waals surface area contributed by atoms with Crippen molar-refractivity contribution < 1.29 is 13.2 Å². The summed E-state index contributed by atoms with van der Waals surface area (Å²) in [7, 11) is 0. The second kappa shape index (κ2) is 5.07. The molecule has 0 radical (unpaired) electrons. The van der Waals surface area contributed by atoms with Gasteiger partial charge in [0.2, 0.25) is 0 Å². The molecule has 1 nitrogen and oxygen atoms in total. The van der Waals surface area contributed by atoms with Gasteiger partial charge in [0.15, 0.2) is 0 Å². The standard InChI is InChI=1S/C8H13BrF3NS/c1-6-4-13(2-3-14-6)5-7(9)8(10,11)12/h6-7H,2-5H2,1H3. The number of nitrogens with zero attached hydrogens (tertiary/aromatic N) is 1. The molecule has 2 unspecified atom stereocenters. The molecule has 0 N–H and O–H groups in total. The lowest BCUT2D eigenvalue weighted by atomic mass is 10.3. The highest BCUT2D eigenvalue weighted by Crippen LogP contribution is 2.28. The Morgan fingerprint density at radius 2 is 2.21 bits per heavy atom. The number of rotatable bonds is 2. The van der Waals surface area contributed by atoms with E-state index in [4.69, 9.17) is 0 Å². The van der Waals surface area contributed by atoms with Crippen molar-refractivity contribution in [1.29, 1.82) is 0 Å². The Morgan fingerprint density at radius 1 is 1.57 bits per heavy atom. The lowest BCUT2D eigenvalue weighted by Crippen LogP contribution is -2.43. The van der Waals surface area contributed by atoms with Gasteiger partial charge in [0, 0.05) is 30.6 Å². The van der Waals surface area contributed by atoms with Crippen LogP contribution in [0, 0.1) is 0 Å². The first kappa shape index (κ1) is 12.6. The minimum atomic E-state index is -4.13. The predicted molar refractivity (Wildman–Crippen MR) is 57.1 cm³/mol. The topological polar surface area (TPSA) is 3.24 Å². The Morgan fingerprint density at radius 3 is 2.71 bits per heavy atom. The van der Waals surface area contributed by atoms with Crippen LogP contribution in [0.3, 0.4) is 0 Å². The van der Waals surface area contributed by atoms with Gasteiger partial charge in [0.05, 0.1) is 0 Å². The van der Waals surface area contributed by atoms with Gasteiger partial charge in [-0.25, -0.2) is 0 Å². The van der Waals surface area contributed by atoms with Gasteiger partial charge in [-0.1, -0.05) is 22.9 Å². The summed E-state index contributed by atoms with van der Waals surface area (Å²) < 4.78 is 36.7. The highest BCUT2D eigenvalue weighted by atomic mass is 79.9. The largest absolute Gasteiger partial charge is 0.402 e. The van der Waals surface area contributed by atoms with E-state index in [-0.39, 0.29) is 6.54 Å². The van der Waals surface area contributed by atoms with Gasteiger partial charge in [-0.15, -0.1) is 0 Å². The summed E-state index contributed by atoms with van der Waals surface area (Å²) in [6.45, 7) is 3.62. The van der Waals surface area contributed by atoms with E-state index >= 15 is 0 Å². The lowest BCUT2D eigenvalue weighted by molar-refractivity contribution is -0.130. The first-order valence-electron chi connectivity index (χ1n) is 4.44. The van der Waals surface area contributed by atoms with Crippen LogP contribution in [0.25, 0.3) is 0 Å². The zero-order valence-corrected chi connectivity index (χ0v) is 10.3. The van der Waals surface area contributed by atoms with Gasteiger partial charge in [-0.05, 0) is 0 Å². The molecule has 1 fully saturated rings. The number of thioether (sulfide) groups is 1. The number of alkyl halides is 4. The summed E-state index contributed by atoms with van der Waals surface area (Å²) in [6.07, 6.45) is -4.13. The van der Waals surface area contributed by atoms with E-state index in [0.29, 0.717) is 5.25 Å². The van der Waals surface area contributed by atoms with Crippen molar-refractivity contribution in [1.82, 2.24) is 4.90 Å². The van der Waals surface area contributed by atoms with E-state index in [1.165, 1.54) is 0 Å². The van der Waals surface area contributed by atoms with E-state index in [0.717, 1.165) is 18.8 Å². The molecule has 1 saturated heterocycles. The maximum absolute atomic E-state index is 12.2. The molecule has 14 heavy (non-hydrogen) atoms. The molecule has 1 aliphatic rings. The molecule has 6 heteroatoms. The van der Waals surface area contributed by atoms with Crippen LogP contribution >= 0.6 is 27.7 Å². The number of hydrogen-bond donors (Lipinski definition) is 0. The second-order valence-corrected chi connectivity index (χ2v) is 6.10. The van der Waals surface area contributed by atoms with Crippen molar-refractivity contribution in [3.8, 4) is 0 Å². The quantitative estimate of drug-likeness (QED) is 0.720. The number of hydrogen-bond acceptors (Lipinski definition) is 2. The van der Waals surface area contributed by atoms with Crippen molar-refractivity contribution >= 4 is 27.7 Å². The Bertz CT molecular complexity index is 188. The van der Waals surface area contributed by atoms with Gasteiger partial charge in [0.1, 0.15) is 4.83 Å². The summed E-state index contributed by atoms with van der Waals surface area (Å²) in [6, 6.07) is 0. The van der Waals surface area contributed by atoms with Crippen molar-refractivity contribution in [3.05, 3.63) is 0 Å². The van der Waals surface area contributed by atoms with Crippen molar-refractivity contribution in [2.75, 3.05) is 25.4 Å². The lowest BCUT2D eigenvalue weighted by Gasteiger charge is -2.32. The minimum Gasteiger partial charge on any atom is -0.300 e. The van der Waals surface area contributed by atoms with Crippen LogP contribution in [0.15, 0.2) is 0 Å².